The summed E-state index contributed by atoms with van der Waals surface area (Å²) in [4.78, 5) is 2.26. The Bertz CT molecular complexity index is 234. The number of hydrogen-bond donors (Lipinski definition) is 2. The van der Waals surface area contributed by atoms with Gasteiger partial charge < -0.3 is 10.6 Å². The monoisotopic (exact) mass is 166 g/mol. The van der Waals surface area contributed by atoms with Crippen molar-refractivity contribution in [2.75, 3.05) is 18.0 Å². The molecule has 1 aromatic rings. The highest BCUT2D eigenvalue weighted by atomic mass is 15.2. The molecule has 0 radical (unpaired) electrons. The Kier molecular flexibility index (Phi) is 1.77. The van der Waals surface area contributed by atoms with E-state index < -0.39 is 0 Å². The van der Waals surface area contributed by atoms with E-state index in [4.69, 9.17) is 5.73 Å². The summed E-state index contributed by atoms with van der Waals surface area (Å²) in [5.74, 6) is 0.583. The lowest BCUT2D eigenvalue weighted by Crippen LogP contribution is -2.28. The minimum atomic E-state index is 0.305. The van der Waals surface area contributed by atoms with E-state index in [0.717, 1.165) is 18.8 Å². The first-order valence-corrected chi connectivity index (χ1v) is 4.26. The standard InChI is InChI=1S/C8H14N4/c1-6-4-12(5-8(6)9)7-2-10-11-3-7/h2-3,6,8H,4-5,9H2,1H3,(H,10,11)/t6-,8+/m0/s1. The number of hydrogen-bond acceptors (Lipinski definition) is 3. The number of nitrogens with zero attached hydrogens (tertiary/aromatic N) is 2. The molecule has 0 amide bonds. The van der Waals surface area contributed by atoms with Crippen LogP contribution in [0.2, 0.25) is 0 Å². The number of rotatable bonds is 1. The minimum Gasteiger partial charge on any atom is -0.367 e. The second kappa shape index (κ2) is 2.79. The van der Waals surface area contributed by atoms with E-state index in [2.05, 4.69) is 22.0 Å². The zero-order valence-corrected chi connectivity index (χ0v) is 7.20. The SMILES string of the molecule is C[C@H]1CN(c2cn[nH]c2)C[C@H]1N. The van der Waals surface area contributed by atoms with Gasteiger partial charge in [-0.1, -0.05) is 6.92 Å². The first kappa shape index (κ1) is 7.61. The van der Waals surface area contributed by atoms with Crippen LogP contribution in [0.25, 0.3) is 0 Å². The molecule has 0 aromatic carbocycles. The summed E-state index contributed by atoms with van der Waals surface area (Å²) >= 11 is 0. The van der Waals surface area contributed by atoms with Crippen LogP contribution in [0.4, 0.5) is 5.69 Å². The first-order chi connectivity index (χ1) is 5.77. The molecule has 1 aliphatic rings. The second-order valence-corrected chi connectivity index (χ2v) is 3.50. The normalized spacial score (nSPS) is 29.7. The minimum absolute atomic E-state index is 0.305. The van der Waals surface area contributed by atoms with Gasteiger partial charge in [-0.2, -0.15) is 5.10 Å². The van der Waals surface area contributed by atoms with E-state index in [1.54, 1.807) is 0 Å². The molecule has 66 valence electrons. The van der Waals surface area contributed by atoms with Crippen LogP contribution in [0, 0.1) is 5.92 Å². The zero-order chi connectivity index (χ0) is 8.55. The molecule has 4 nitrogen and oxygen atoms in total. The van der Waals surface area contributed by atoms with Crippen molar-refractivity contribution in [3.8, 4) is 0 Å². The van der Waals surface area contributed by atoms with Gasteiger partial charge in [0.25, 0.3) is 0 Å². The molecule has 0 bridgehead atoms. The summed E-state index contributed by atoms with van der Waals surface area (Å²) in [6.45, 7) is 4.17. The third kappa shape index (κ3) is 1.18. The van der Waals surface area contributed by atoms with Crippen LogP contribution in [0.15, 0.2) is 12.4 Å². The number of anilines is 1. The van der Waals surface area contributed by atoms with Gasteiger partial charge in [0.05, 0.1) is 11.9 Å². The average molecular weight is 166 g/mol. The Morgan fingerprint density at radius 3 is 3.00 bits per heavy atom. The largest absolute Gasteiger partial charge is 0.367 e. The molecule has 1 saturated heterocycles. The highest BCUT2D eigenvalue weighted by Gasteiger charge is 2.26. The molecule has 2 atom stereocenters. The van der Waals surface area contributed by atoms with Crippen LogP contribution >= 0.6 is 0 Å². The molecular formula is C8H14N4. The number of aromatic amines is 1. The Morgan fingerprint density at radius 1 is 1.67 bits per heavy atom. The predicted octanol–water partition coefficient (Wildman–Crippen LogP) is 0.193. The van der Waals surface area contributed by atoms with Gasteiger partial charge in [-0.05, 0) is 5.92 Å². The van der Waals surface area contributed by atoms with Crippen molar-refractivity contribution < 1.29 is 0 Å². The number of nitrogens with one attached hydrogen (secondary N) is 1. The third-order valence-corrected chi connectivity index (χ3v) is 2.52. The number of aromatic nitrogens is 2. The molecule has 1 fully saturated rings. The maximum Gasteiger partial charge on any atom is 0.0750 e. The molecule has 1 aromatic heterocycles. The molecule has 0 aliphatic carbocycles. The highest BCUT2D eigenvalue weighted by molar-refractivity contribution is 5.43. The topological polar surface area (TPSA) is 57.9 Å². The molecular weight excluding hydrogens is 152 g/mol. The van der Waals surface area contributed by atoms with E-state index >= 15 is 0 Å². The molecule has 4 heteroatoms. The summed E-state index contributed by atoms with van der Waals surface area (Å²) in [5, 5.41) is 6.71. The maximum atomic E-state index is 5.90. The van der Waals surface area contributed by atoms with E-state index in [-0.39, 0.29) is 0 Å². The Hall–Kier alpha value is -1.03. The summed E-state index contributed by atoms with van der Waals surface area (Å²) < 4.78 is 0. The lowest BCUT2D eigenvalue weighted by molar-refractivity contribution is 0.566. The number of nitrogens with two attached hydrogens (primary N) is 1. The zero-order valence-electron chi connectivity index (χ0n) is 7.20. The molecule has 0 unspecified atom stereocenters. The van der Waals surface area contributed by atoms with E-state index in [0.29, 0.717) is 12.0 Å². The Labute approximate surface area is 71.7 Å². The summed E-state index contributed by atoms with van der Waals surface area (Å²) in [6.07, 6.45) is 3.75. The predicted molar refractivity (Wildman–Crippen MR) is 47.9 cm³/mol. The lowest BCUT2D eigenvalue weighted by atomic mass is 10.1. The van der Waals surface area contributed by atoms with Crippen LogP contribution in [0.1, 0.15) is 6.92 Å². The van der Waals surface area contributed by atoms with Crippen LogP contribution in [-0.4, -0.2) is 29.3 Å². The summed E-state index contributed by atoms with van der Waals surface area (Å²) in [5.41, 5.74) is 7.05. The van der Waals surface area contributed by atoms with Gasteiger partial charge in [-0.15, -0.1) is 0 Å². The second-order valence-electron chi connectivity index (χ2n) is 3.50. The van der Waals surface area contributed by atoms with Crippen molar-refractivity contribution >= 4 is 5.69 Å². The van der Waals surface area contributed by atoms with Crippen LogP contribution < -0.4 is 10.6 Å². The van der Waals surface area contributed by atoms with Gasteiger partial charge in [-0.25, -0.2) is 0 Å². The van der Waals surface area contributed by atoms with Crippen molar-refractivity contribution in [3.05, 3.63) is 12.4 Å². The fourth-order valence-electron chi connectivity index (χ4n) is 1.62. The molecule has 2 heterocycles. The van der Waals surface area contributed by atoms with Crippen molar-refractivity contribution in [3.63, 3.8) is 0 Å². The van der Waals surface area contributed by atoms with Gasteiger partial charge in [0.15, 0.2) is 0 Å². The van der Waals surface area contributed by atoms with Gasteiger partial charge in [-0.3, -0.25) is 5.10 Å². The fraction of sp³-hybridized carbons (Fsp3) is 0.625. The number of H-pyrrole nitrogens is 1. The first-order valence-electron chi connectivity index (χ1n) is 4.26. The maximum absolute atomic E-state index is 5.90. The molecule has 3 N–H and O–H groups in total. The third-order valence-electron chi connectivity index (χ3n) is 2.52. The van der Waals surface area contributed by atoms with Gasteiger partial charge in [0.1, 0.15) is 0 Å². The fourth-order valence-corrected chi connectivity index (χ4v) is 1.62. The Morgan fingerprint density at radius 2 is 2.50 bits per heavy atom. The molecule has 12 heavy (non-hydrogen) atoms. The van der Waals surface area contributed by atoms with Crippen molar-refractivity contribution in [1.29, 1.82) is 0 Å². The average Bonchev–Trinajstić information content (AvgIpc) is 2.61. The lowest BCUT2D eigenvalue weighted by Gasteiger charge is -2.14. The van der Waals surface area contributed by atoms with Crippen molar-refractivity contribution in [2.24, 2.45) is 11.7 Å². The van der Waals surface area contributed by atoms with Crippen LogP contribution in [0.5, 0.6) is 0 Å². The summed E-state index contributed by atoms with van der Waals surface area (Å²) in [6, 6.07) is 0.305. The van der Waals surface area contributed by atoms with Gasteiger partial charge in [0, 0.05) is 25.3 Å². The van der Waals surface area contributed by atoms with Crippen molar-refractivity contribution in [1.82, 2.24) is 10.2 Å². The van der Waals surface area contributed by atoms with E-state index in [1.807, 2.05) is 12.4 Å². The smallest absolute Gasteiger partial charge is 0.0750 e. The Balaban J connectivity index is 2.09. The molecule has 0 spiro atoms. The van der Waals surface area contributed by atoms with Gasteiger partial charge >= 0.3 is 0 Å². The van der Waals surface area contributed by atoms with E-state index in [1.165, 1.54) is 0 Å². The van der Waals surface area contributed by atoms with Crippen LogP contribution in [0.3, 0.4) is 0 Å². The van der Waals surface area contributed by atoms with Crippen LogP contribution in [-0.2, 0) is 0 Å². The molecule has 1 aliphatic heterocycles. The van der Waals surface area contributed by atoms with Gasteiger partial charge in [0.2, 0.25) is 0 Å². The van der Waals surface area contributed by atoms with Crippen molar-refractivity contribution in [2.45, 2.75) is 13.0 Å². The molecule has 2 rings (SSSR count). The highest BCUT2D eigenvalue weighted by Crippen LogP contribution is 2.21. The molecule has 0 saturated carbocycles. The summed E-state index contributed by atoms with van der Waals surface area (Å²) in [7, 11) is 0. The van der Waals surface area contributed by atoms with E-state index in [9.17, 15) is 0 Å². The quantitative estimate of drug-likeness (QED) is 0.626.